The van der Waals surface area contributed by atoms with Crippen LogP contribution < -0.4 is 10.6 Å². The van der Waals surface area contributed by atoms with Crippen molar-refractivity contribution < 1.29 is 9.59 Å². The fourth-order valence-electron chi connectivity index (χ4n) is 1.61. The number of carbonyl (C=O) groups is 2. The second-order valence-corrected chi connectivity index (χ2v) is 4.72. The van der Waals surface area contributed by atoms with E-state index in [-0.39, 0.29) is 24.4 Å². The molecule has 1 aromatic carbocycles. The topological polar surface area (TPSA) is 58.2 Å². The molecule has 4 nitrogen and oxygen atoms in total. The Morgan fingerprint density at radius 1 is 1.22 bits per heavy atom. The lowest BCUT2D eigenvalue weighted by Gasteiger charge is -2.10. The first-order valence-corrected chi connectivity index (χ1v) is 6.05. The Hall–Kier alpha value is -1.84. The number of aryl methyl sites for hydroxylation is 2. The van der Waals surface area contributed by atoms with Gasteiger partial charge in [0.05, 0.1) is 6.54 Å². The molecule has 0 heterocycles. The Labute approximate surface area is 108 Å². The number of nitrogens with one attached hydrogen (secondary N) is 2. The molecule has 0 saturated carbocycles. The molecular weight excluding hydrogens is 228 g/mol. The van der Waals surface area contributed by atoms with Crippen molar-refractivity contribution in [2.45, 2.75) is 33.7 Å². The average Bonchev–Trinajstić information content (AvgIpc) is 2.28. The monoisotopic (exact) mass is 248 g/mol. The van der Waals surface area contributed by atoms with Crippen LogP contribution in [0.1, 0.15) is 35.3 Å². The maximum atomic E-state index is 11.9. The molecule has 0 aliphatic rings. The first-order valence-electron chi connectivity index (χ1n) is 6.05. The number of hydrogen-bond acceptors (Lipinski definition) is 2. The summed E-state index contributed by atoms with van der Waals surface area (Å²) < 4.78 is 0. The number of rotatable bonds is 4. The third kappa shape index (κ3) is 4.20. The quantitative estimate of drug-likeness (QED) is 0.849. The van der Waals surface area contributed by atoms with Gasteiger partial charge in [-0.15, -0.1) is 0 Å². The van der Waals surface area contributed by atoms with Crippen LogP contribution in [-0.4, -0.2) is 24.4 Å². The van der Waals surface area contributed by atoms with Crippen LogP contribution in [0.15, 0.2) is 18.2 Å². The Kier molecular flexibility index (Phi) is 4.89. The highest BCUT2D eigenvalue weighted by molar-refractivity contribution is 5.97. The Morgan fingerprint density at radius 3 is 2.50 bits per heavy atom. The lowest BCUT2D eigenvalue weighted by molar-refractivity contribution is -0.120. The van der Waals surface area contributed by atoms with Crippen molar-refractivity contribution in [1.82, 2.24) is 10.6 Å². The molecule has 0 radical (unpaired) electrons. The smallest absolute Gasteiger partial charge is 0.251 e. The molecule has 18 heavy (non-hydrogen) atoms. The van der Waals surface area contributed by atoms with Gasteiger partial charge in [-0.3, -0.25) is 9.59 Å². The van der Waals surface area contributed by atoms with E-state index in [1.54, 1.807) is 0 Å². The largest absolute Gasteiger partial charge is 0.352 e. The summed E-state index contributed by atoms with van der Waals surface area (Å²) >= 11 is 0. The van der Waals surface area contributed by atoms with E-state index in [2.05, 4.69) is 10.6 Å². The van der Waals surface area contributed by atoms with Gasteiger partial charge in [-0.2, -0.15) is 0 Å². The molecular formula is C14H20N2O2. The zero-order valence-corrected chi connectivity index (χ0v) is 11.3. The van der Waals surface area contributed by atoms with Crippen molar-refractivity contribution in [3.05, 3.63) is 34.9 Å². The molecule has 0 spiro atoms. The third-order valence-electron chi connectivity index (χ3n) is 2.50. The van der Waals surface area contributed by atoms with Gasteiger partial charge in [-0.25, -0.2) is 0 Å². The van der Waals surface area contributed by atoms with Crippen LogP contribution >= 0.6 is 0 Å². The molecule has 2 amide bonds. The second kappa shape index (κ2) is 6.19. The average molecular weight is 248 g/mol. The predicted molar refractivity (Wildman–Crippen MR) is 71.5 cm³/mol. The van der Waals surface area contributed by atoms with Gasteiger partial charge in [0.1, 0.15) is 0 Å². The van der Waals surface area contributed by atoms with Gasteiger partial charge in [0, 0.05) is 11.6 Å². The first-order chi connectivity index (χ1) is 8.40. The van der Waals surface area contributed by atoms with E-state index >= 15 is 0 Å². The van der Waals surface area contributed by atoms with Crippen LogP contribution in [0.2, 0.25) is 0 Å². The number of hydrogen-bond donors (Lipinski definition) is 2. The van der Waals surface area contributed by atoms with Gasteiger partial charge in [0.25, 0.3) is 5.91 Å². The molecule has 0 aromatic heterocycles. The van der Waals surface area contributed by atoms with Crippen molar-refractivity contribution in [3.63, 3.8) is 0 Å². The lowest BCUT2D eigenvalue weighted by atomic mass is 10.1. The van der Waals surface area contributed by atoms with Crippen LogP contribution in [0.25, 0.3) is 0 Å². The van der Waals surface area contributed by atoms with Gasteiger partial charge < -0.3 is 10.6 Å². The highest BCUT2D eigenvalue weighted by Gasteiger charge is 2.10. The number of benzene rings is 1. The standard InChI is InChI=1S/C14H20N2O2/c1-9(2)16-13(17)8-15-14(18)12-7-10(3)5-6-11(12)4/h5-7,9H,8H2,1-4H3,(H,15,18)(H,16,17). The molecule has 0 atom stereocenters. The fraction of sp³-hybridized carbons (Fsp3) is 0.429. The second-order valence-electron chi connectivity index (χ2n) is 4.72. The molecule has 0 aliphatic heterocycles. The van der Waals surface area contributed by atoms with Crippen molar-refractivity contribution in [1.29, 1.82) is 0 Å². The predicted octanol–water partition coefficient (Wildman–Crippen LogP) is 1.56. The van der Waals surface area contributed by atoms with E-state index in [4.69, 9.17) is 0 Å². The summed E-state index contributed by atoms with van der Waals surface area (Å²) in [6, 6.07) is 5.76. The number of amides is 2. The molecule has 1 aromatic rings. The van der Waals surface area contributed by atoms with Crippen LogP contribution in [0.4, 0.5) is 0 Å². The van der Waals surface area contributed by atoms with E-state index in [0.717, 1.165) is 11.1 Å². The fourth-order valence-corrected chi connectivity index (χ4v) is 1.61. The van der Waals surface area contributed by atoms with Crippen molar-refractivity contribution in [2.75, 3.05) is 6.54 Å². The molecule has 0 unspecified atom stereocenters. The molecule has 2 N–H and O–H groups in total. The minimum atomic E-state index is -0.213. The minimum Gasteiger partial charge on any atom is -0.352 e. The van der Waals surface area contributed by atoms with Crippen molar-refractivity contribution in [3.8, 4) is 0 Å². The molecule has 98 valence electrons. The van der Waals surface area contributed by atoms with Crippen LogP contribution in [0, 0.1) is 13.8 Å². The Bertz CT molecular complexity index is 453. The van der Waals surface area contributed by atoms with Crippen LogP contribution in [-0.2, 0) is 4.79 Å². The summed E-state index contributed by atoms with van der Waals surface area (Å²) in [7, 11) is 0. The normalized spacial score (nSPS) is 10.3. The van der Waals surface area contributed by atoms with Gasteiger partial charge in [-0.05, 0) is 39.3 Å². The van der Waals surface area contributed by atoms with Gasteiger partial charge in [-0.1, -0.05) is 17.7 Å². The minimum absolute atomic E-state index is 0.00436. The number of carbonyl (C=O) groups excluding carboxylic acids is 2. The van der Waals surface area contributed by atoms with Crippen LogP contribution in [0.3, 0.4) is 0 Å². The molecule has 4 heteroatoms. The summed E-state index contributed by atoms with van der Waals surface area (Å²) in [6.45, 7) is 7.57. The molecule has 0 fully saturated rings. The SMILES string of the molecule is Cc1ccc(C)c(C(=O)NCC(=O)NC(C)C)c1. The summed E-state index contributed by atoms with van der Waals surface area (Å²) in [5, 5.41) is 5.34. The van der Waals surface area contributed by atoms with E-state index in [1.165, 1.54) is 0 Å². The summed E-state index contributed by atoms with van der Waals surface area (Å²) in [4.78, 5) is 23.3. The summed E-state index contributed by atoms with van der Waals surface area (Å²) in [5.41, 5.74) is 2.55. The van der Waals surface area contributed by atoms with Crippen LogP contribution in [0.5, 0.6) is 0 Å². The van der Waals surface area contributed by atoms with E-state index in [9.17, 15) is 9.59 Å². The Balaban J connectivity index is 2.60. The van der Waals surface area contributed by atoms with Gasteiger partial charge in [0.15, 0.2) is 0 Å². The maximum absolute atomic E-state index is 11.9. The van der Waals surface area contributed by atoms with Gasteiger partial charge in [0.2, 0.25) is 5.91 Å². The first kappa shape index (κ1) is 14.2. The van der Waals surface area contributed by atoms with Gasteiger partial charge >= 0.3 is 0 Å². The Morgan fingerprint density at radius 2 is 1.89 bits per heavy atom. The molecule has 1 rings (SSSR count). The van der Waals surface area contributed by atoms with E-state index in [0.29, 0.717) is 5.56 Å². The van der Waals surface area contributed by atoms with E-state index in [1.807, 2.05) is 45.9 Å². The van der Waals surface area contributed by atoms with E-state index < -0.39 is 0 Å². The lowest BCUT2D eigenvalue weighted by Crippen LogP contribution is -2.39. The summed E-state index contributed by atoms with van der Waals surface area (Å²) in [6.07, 6.45) is 0. The van der Waals surface area contributed by atoms with Crippen molar-refractivity contribution >= 4 is 11.8 Å². The zero-order valence-electron chi connectivity index (χ0n) is 11.3. The summed E-state index contributed by atoms with van der Waals surface area (Å²) in [5.74, 6) is -0.390. The molecule has 0 aliphatic carbocycles. The van der Waals surface area contributed by atoms with Crippen molar-refractivity contribution in [2.24, 2.45) is 0 Å². The third-order valence-corrected chi connectivity index (χ3v) is 2.50. The highest BCUT2D eigenvalue weighted by atomic mass is 16.2. The maximum Gasteiger partial charge on any atom is 0.251 e. The highest BCUT2D eigenvalue weighted by Crippen LogP contribution is 2.10. The molecule has 0 saturated heterocycles. The molecule has 0 bridgehead atoms. The zero-order chi connectivity index (χ0) is 13.7.